The van der Waals surface area contributed by atoms with Gasteiger partial charge in [-0.05, 0) is 58.4 Å². The predicted molar refractivity (Wildman–Crippen MR) is 78.5 cm³/mol. The van der Waals surface area contributed by atoms with Gasteiger partial charge in [0.05, 0.1) is 11.8 Å². The summed E-state index contributed by atoms with van der Waals surface area (Å²) in [6, 6.07) is 0.398. The van der Waals surface area contributed by atoms with E-state index in [0.717, 1.165) is 25.0 Å². The van der Waals surface area contributed by atoms with Crippen molar-refractivity contribution in [3.8, 4) is 0 Å². The minimum atomic E-state index is -0.145. The van der Waals surface area contributed by atoms with Crippen molar-refractivity contribution in [2.45, 2.75) is 78.9 Å². The van der Waals surface area contributed by atoms with Crippen molar-refractivity contribution in [2.24, 2.45) is 5.41 Å². The van der Waals surface area contributed by atoms with Crippen molar-refractivity contribution in [1.29, 1.82) is 0 Å². The lowest BCUT2D eigenvalue weighted by Gasteiger charge is -2.53. The molecule has 0 spiro atoms. The minimum Gasteiger partial charge on any atom is -0.393 e. The zero-order chi connectivity index (χ0) is 14.4. The fourth-order valence-corrected chi connectivity index (χ4v) is 4.07. The van der Waals surface area contributed by atoms with Crippen LogP contribution in [0.5, 0.6) is 0 Å². The molecule has 1 N–H and O–H groups in total. The van der Waals surface area contributed by atoms with Gasteiger partial charge in [0.2, 0.25) is 0 Å². The molecule has 0 saturated heterocycles. The van der Waals surface area contributed by atoms with Gasteiger partial charge in [-0.25, -0.2) is 0 Å². The van der Waals surface area contributed by atoms with Gasteiger partial charge in [-0.3, -0.25) is 4.68 Å². The van der Waals surface area contributed by atoms with Crippen LogP contribution in [-0.2, 0) is 0 Å². The lowest BCUT2D eigenvalue weighted by molar-refractivity contribution is -0.0935. The molecule has 3 nitrogen and oxygen atoms in total. The molecular weight excluding hydrogens is 236 g/mol. The Morgan fingerprint density at radius 2 is 1.89 bits per heavy atom. The molecule has 1 saturated carbocycles. The van der Waals surface area contributed by atoms with E-state index in [1.807, 2.05) is 0 Å². The van der Waals surface area contributed by atoms with Gasteiger partial charge < -0.3 is 5.11 Å². The maximum atomic E-state index is 10.3. The first-order valence-electron chi connectivity index (χ1n) is 7.62. The largest absolute Gasteiger partial charge is 0.393 e. The van der Waals surface area contributed by atoms with Crippen molar-refractivity contribution in [1.82, 2.24) is 9.78 Å². The third-order valence-corrected chi connectivity index (χ3v) is 5.35. The van der Waals surface area contributed by atoms with Crippen LogP contribution >= 0.6 is 0 Å². The highest BCUT2D eigenvalue weighted by atomic mass is 16.3. The molecule has 0 bridgehead atoms. The molecule has 2 rings (SSSR count). The summed E-state index contributed by atoms with van der Waals surface area (Å²) in [6.07, 6.45) is 2.84. The lowest BCUT2D eigenvalue weighted by Crippen LogP contribution is -2.51. The highest BCUT2D eigenvalue weighted by Gasteiger charge is 2.53. The fourth-order valence-electron chi connectivity index (χ4n) is 4.07. The summed E-state index contributed by atoms with van der Waals surface area (Å²) in [5.74, 6) is 0.477. The Bertz CT molecular complexity index is 458. The zero-order valence-corrected chi connectivity index (χ0v) is 13.2. The lowest BCUT2D eigenvalue weighted by atomic mass is 9.53. The Morgan fingerprint density at radius 1 is 1.32 bits per heavy atom. The van der Waals surface area contributed by atoms with Gasteiger partial charge in [0.1, 0.15) is 0 Å². The summed E-state index contributed by atoms with van der Waals surface area (Å²) in [6.45, 7) is 13.0. The molecule has 1 fully saturated rings. The molecule has 0 amide bonds. The number of aryl methyl sites for hydroxylation is 1. The van der Waals surface area contributed by atoms with Gasteiger partial charge in [-0.15, -0.1) is 0 Å². The van der Waals surface area contributed by atoms with Crippen LogP contribution in [0.4, 0.5) is 0 Å². The summed E-state index contributed by atoms with van der Waals surface area (Å²) in [7, 11) is 0. The molecule has 19 heavy (non-hydrogen) atoms. The van der Waals surface area contributed by atoms with Gasteiger partial charge >= 0.3 is 0 Å². The Hall–Kier alpha value is -0.830. The van der Waals surface area contributed by atoms with E-state index in [2.05, 4.69) is 46.2 Å². The summed E-state index contributed by atoms with van der Waals surface area (Å²) in [5, 5.41) is 15.0. The summed E-state index contributed by atoms with van der Waals surface area (Å²) in [4.78, 5) is 0. The van der Waals surface area contributed by atoms with E-state index >= 15 is 0 Å². The third-order valence-electron chi connectivity index (χ3n) is 5.35. The Kier molecular flexibility index (Phi) is 3.78. The first-order chi connectivity index (χ1) is 8.89. The summed E-state index contributed by atoms with van der Waals surface area (Å²) < 4.78 is 2.13. The molecule has 1 aromatic rings. The molecular formula is C16H28N2O. The highest BCUT2D eigenvalue weighted by Crippen LogP contribution is 2.58. The predicted octanol–water partition coefficient (Wildman–Crippen LogP) is 3.74. The number of aliphatic hydroxyl groups is 1. The first kappa shape index (κ1) is 14.6. The molecule has 0 aliphatic heterocycles. The standard InChI is InChI=1S/C16H28N2O/c1-7-16(8-2)13(9-14(16)19)15-11(5)17-18(10(3)4)12(15)6/h10,13-14,19H,7-9H2,1-6H3. The second-order valence-electron chi connectivity index (χ2n) is 6.37. The average Bonchev–Trinajstić information content (AvgIpc) is 2.64. The molecule has 1 aliphatic carbocycles. The Balaban J connectivity index is 2.43. The summed E-state index contributed by atoms with van der Waals surface area (Å²) in [5.41, 5.74) is 3.90. The van der Waals surface area contributed by atoms with Crippen LogP contribution in [0.15, 0.2) is 0 Å². The van der Waals surface area contributed by atoms with Crippen molar-refractivity contribution in [3.63, 3.8) is 0 Å². The third kappa shape index (κ3) is 1.94. The number of rotatable bonds is 4. The molecule has 2 unspecified atom stereocenters. The monoisotopic (exact) mass is 264 g/mol. The molecule has 1 aliphatic rings. The van der Waals surface area contributed by atoms with E-state index in [4.69, 9.17) is 5.10 Å². The number of hydrogen-bond donors (Lipinski definition) is 1. The maximum absolute atomic E-state index is 10.3. The zero-order valence-electron chi connectivity index (χ0n) is 13.2. The molecule has 0 radical (unpaired) electrons. The van der Waals surface area contributed by atoms with Gasteiger partial charge in [-0.2, -0.15) is 5.10 Å². The van der Waals surface area contributed by atoms with Crippen LogP contribution in [0.3, 0.4) is 0 Å². The van der Waals surface area contributed by atoms with Crippen molar-refractivity contribution >= 4 is 0 Å². The van der Waals surface area contributed by atoms with Crippen LogP contribution in [0, 0.1) is 19.3 Å². The maximum Gasteiger partial charge on any atom is 0.0631 e. The molecule has 108 valence electrons. The molecule has 1 aromatic heterocycles. The number of nitrogens with zero attached hydrogens (tertiary/aromatic N) is 2. The van der Waals surface area contributed by atoms with Crippen LogP contribution < -0.4 is 0 Å². The van der Waals surface area contributed by atoms with Gasteiger partial charge in [0, 0.05) is 17.2 Å². The average molecular weight is 264 g/mol. The van der Waals surface area contributed by atoms with E-state index in [1.165, 1.54) is 11.3 Å². The first-order valence-corrected chi connectivity index (χ1v) is 7.62. The second kappa shape index (κ2) is 4.93. The quantitative estimate of drug-likeness (QED) is 0.899. The minimum absolute atomic E-state index is 0.0698. The molecule has 3 heteroatoms. The number of hydrogen-bond acceptors (Lipinski definition) is 2. The number of aromatic nitrogens is 2. The topological polar surface area (TPSA) is 38.1 Å². The van der Waals surface area contributed by atoms with E-state index in [0.29, 0.717) is 12.0 Å². The van der Waals surface area contributed by atoms with Crippen LogP contribution in [0.1, 0.15) is 75.9 Å². The van der Waals surface area contributed by atoms with E-state index in [-0.39, 0.29) is 11.5 Å². The second-order valence-corrected chi connectivity index (χ2v) is 6.37. The van der Waals surface area contributed by atoms with Crippen molar-refractivity contribution < 1.29 is 5.11 Å². The van der Waals surface area contributed by atoms with Gasteiger partial charge in [0.25, 0.3) is 0 Å². The smallest absolute Gasteiger partial charge is 0.0631 e. The van der Waals surface area contributed by atoms with E-state index in [9.17, 15) is 5.11 Å². The summed E-state index contributed by atoms with van der Waals surface area (Å²) >= 11 is 0. The number of aliphatic hydroxyl groups excluding tert-OH is 1. The highest BCUT2D eigenvalue weighted by molar-refractivity contribution is 5.35. The van der Waals surface area contributed by atoms with Crippen LogP contribution in [0.2, 0.25) is 0 Å². The van der Waals surface area contributed by atoms with Crippen LogP contribution in [0.25, 0.3) is 0 Å². The van der Waals surface area contributed by atoms with Gasteiger partial charge in [0.15, 0.2) is 0 Å². The normalized spacial score (nSPS) is 25.7. The van der Waals surface area contributed by atoms with Crippen molar-refractivity contribution in [3.05, 3.63) is 17.0 Å². The molecule has 1 heterocycles. The Labute approximate surface area is 117 Å². The fraction of sp³-hybridized carbons (Fsp3) is 0.812. The van der Waals surface area contributed by atoms with E-state index in [1.54, 1.807) is 0 Å². The van der Waals surface area contributed by atoms with Crippen LogP contribution in [-0.4, -0.2) is 21.0 Å². The SMILES string of the molecule is CCC1(CC)C(O)CC1c1c(C)nn(C(C)C)c1C. The van der Waals surface area contributed by atoms with E-state index < -0.39 is 0 Å². The molecule has 0 aromatic carbocycles. The van der Waals surface area contributed by atoms with Crippen molar-refractivity contribution in [2.75, 3.05) is 0 Å². The Morgan fingerprint density at radius 3 is 2.26 bits per heavy atom. The van der Waals surface area contributed by atoms with Gasteiger partial charge in [-0.1, -0.05) is 13.8 Å². The molecule has 2 atom stereocenters.